The Kier molecular flexibility index (Phi) is 11.8. The molecule has 0 unspecified atom stereocenters. The Morgan fingerprint density at radius 1 is 0.324 bits per heavy atom. The number of hydrogen-bond donors (Lipinski definition) is 1. The van der Waals surface area contributed by atoms with Gasteiger partial charge in [-0.2, -0.15) is 0 Å². The number of nitrogens with one attached hydrogen (secondary N) is 1. The second-order valence-corrected chi connectivity index (χ2v) is 17.3. The first kappa shape index (κ1) is 42.3. The van der Waals surface area contributed by atoms with Crippen LogP contribution in [0.25, 0.3) is 22.8 Å². The van der Waals surface area contributed by atoms with Gasteiger partial charge in [0.25, 0.3) is 0 Å². The zero-order chi connectivity index (χ0) is 45.8. The molecule has 0 radical (unpaired) electrons. The number of aromatic nitrogens is 4. The van der Waals surface area contributed by atoms with E-state index in [0.717, 1.165) is 112 Å². The summed E-state index contributed by atoms with van der Waals surface area (Å²) in [6, 6.07) is 63.9. The van der Waals surface area contributed by atoms with Crippen molar-refractivity contribution in [2.45, 2.75) is 0 Å². The van der Waals surface area contributed by atoms with Crippen molar-refractivity contribution in [3.8, 4) is 57.3 Å². The van der Waals surface area contributed by atoms with Crippen LogP contribution in [-0.4, -0.2) is 19.9 Å². The molecule has 0 saturated heterocycles. The normalized spacial score (nSPS) is 12.1. The van der Waals surface area contributed by atoms with Gasteiger partial charge < -0.3 is 29.3 Å². The third kappa shape index (κ3) is 8.73. The van der Waals surface area contributed by atoms with E-state index in [4.69, 9.17) is 24.2 Å². The van der Waals surface area contributed by atoms with Gasteiger partial charge in [0.1, 0.15) is 0 Å². The van der Waals surface area contributed by atoms with Gasteiger partial charge in [0.2, 0.25) is 0 Å². The van der Waals surface area contributed by atoms with Crippen LogP contribution in [0.1, 0.15) is 0 Å². The van der Waals surface area contributed by atoms with Crippen LogP contribution in [0.4, 0.5) is 45.5 Å². The first-order valence-corrected chi connectivity index (χ1v) is 23.2. The molecule has 7 heterocycles. The van der Waals surface area contributed by atoms with Gasteiger partial charge in [0.05, 0.1) is 68.3 Å². The average Bonchev–Trinajstić information content (AvgIpc) is 3.39. The minimum atomic E-state index is 0.774. The lowest BCUT2D eigenvalue weighted by Gasteiger charge is -2.33. The van der Waals surface area contributed by atoms with Crippen molar-refractivity contribution in [1.82, 2.24) is 19.9 Å². The van der Waals surface area contributed by atoms with E-state index < -0.39 is 0 Å². The number of halogens is 2. The molecule has 0 bridgehead atoms. The lowest BCUT2D eigenvalue weighted by Crippen LogP contribution is -2.16. The van der Waals surface area contributed by atoms with Crippen LogP contribution in [0, 0.1) is 0 Å². The Labute approximate surface area is 409 Å². The summed E-state index contributed by atoms with van der Waals surface area (Å²) in [6.45, 7) is 0. The molecular formula is C56H37Br2N7O3. The van der Waals surface area contributed by atoms with Crippen LogP contribution < -0.4 is 29.3 Å². The standard InChI is InChI=1S/C34H22N4O2.C12H9NO.C10H6Br2N2/c1-5-13-31-27(9-1)37(28-10-2-6-14-32(28)39-31)23-17-19-35-25(21-23)26-22-24(18-20-36-26)38-29-11-3-7-15-33(29)40-34-16-8-4-12-30(34)38;1-3-7-11-9(5-1)13-10-6-2-4-8-12(10)14-11;11-7-1-3-13-9(5-7)10-6-8(12)2-4-14-10/h1-22H;1-8,13H;1-6H. The lowest BCUT2D eigenvalue weighted by molar-refractivity contribution is 0.476. The van der Waals surface area contributed by atoms with E-state index in [0.29, 0.717) is 0 Å². The second-order valence-electron chi connectivity index (χ2n) is 15.5. The monoisotopic (exact) mass is 1010 g/mol. The zero-order valence-corrected chi connectivity index (χ0v) is 39.1. The van der Waals surface area contributed by atoms with Crippen molar-refractivity contribution in [2.75, 3.05) is 15.1 Å². The fourth-order valence-electron chi connectivity index (χ4n) is 8.03. The molecule has 0 fully saturated rings. The van der Waals surface area contributed by atoms with Gasteiger partial charge >= 0.3 is 0 Å². The summed E-state index contributed by atoms with van der Waals surface area (Å²) in [4.78, 5) is 22.3. The second kappa shape index (κ2) is 18.9. The molecule has 0 amide bonds. The molecule has 12 heteroatoms. The summed E-state index contributed by atoms with van der Waals surface area (Å²) in [5, 5.41) is 3.32. The maximum Gasteiger partial charge on any atom is 0.151 e. The minimum absolute atomic E-state index is 0.774. The molecule has 328 valence electrons. The number of fused-ring (bicyclic) bond motifs is 6. The molecule has 0 atom stereocenters. The summed E-state index contributed by atoms with van der Waals surface area (Å²) >= 11 is 6.80. The molecular weight excluding hydrogens is 978 g/mol. The SMILES string of the molecule is Brc1ccnc(-c2cc(Br)ccn2)c1.c1ccc2c(c1)Nc1ccccc1O2.c1ccc2c(c1)Oc1ccccc1N2c1ccnc(-c2cc(N3c4ccccc4Oc4ccccc43)ccn2)c1. The van der Waals surface area contributed by atoms with Crippen LogP contribution in [0.15, 0.2) is 228 Å². The van der Waals surface area contributed by atoms with Gasteiger partial charge in [-0.3, -0.25) is 19.9 Å². The highest BCUT2D eigenvalue weighted by Crippen LogP contribution is 2.52. The lowest BCUT2D eigenvalue weighted by atomic mass is 10.1. The number of nitrogens with zero attached hydrogens (tertiary/aromatic N) is 6. The summed E-state index contributed by atoms with van der Waals surface area (Å²) in [6.07, 6.45) is 7.17. The third-order valence-corrected chi connectivity index (χ3v) is 12.1. The van der Waals surface area contributed by atoms with Crippen LogP contribution in [0.2, 0.25) is 0 Å². The summed E-state index contributed by atoms with van der Waals surface area (Å²) < 4.78 is 20.1. The molecule has 1 N–H and O–H groups in total. The van der Waals surface area contributed by atoms with Gasteiger partial charge in [-0.25, -0.2) is 0 Å². The van der Waals surface area contributed by atoms with E-state index >= 15 is 0 Å². The molecule has 3 aliphatic rings. The van der Waals surface area contributed by atoms with E-state index in [1.54, 1.807) is 12.4 Å². The molecule has 13 rings (SSSR count). The molecule has 68 heavy (non-hydrogen) atoms. The van der Waals surface area contributed by atoms with E-state index in [1.165, 1.54) is 0 Å². The van der Waals surface area contributed by atoms with Crippen molar-refractivity contribution in [3.05, 3.63) is 228 Å². The fraction of sp³-hybridized carbons (Fsp3) is 0. The van der Waals surface area contributed by atoms with E-state index in [9.17, 15) is 0 Å². The van der Waals surface area contributed by atoms with Crippen molar-refractivity contribution in [2.24, 2.45) is 0 Å². The van der Waals surface area contributed by atoms with Gasteiger partial charge in [-0.1, -0.05) is 105 Å². The number of rotatable bonds is 4. The maximum atomic E-state index is 6.20. The predicted octanol–water partition coefficient (Wildman–Crippen LogP) is 16.5. The molecule has 6 aromatic carbocycles. The van der Waals surface area contributed by atoms with Crippen molar-refractivity contribution < 1.29 is 14.2 Å². The number of ether oxygens (including phenoxy) is 3. The van der Waals surface area contributed by atoms with Crippen LogP contribution in [0.5, 0.6) is 34.5 Å². The minimum Gasteiger partial charge on any atom is -0.453 e. The number of para-hydroxylation sites is 12. The zero-order valence-electron chi connectivity index (χ0n) is 35.9. The van der Waals surface area contributed by atoms with E-state index in [-0.39, 0.29) is 0 Å². The average molecular weight is 1020 g/mol. The summed E-state index contributed by atoms with van der Waals surface area (Å²) in [5.74, 6) is 5.00. The molecule has 10 aromatic rings. The van der Waals surface area contributed by atoms with Crippen molar-refractivity contribution >= 4 is 77.4 Å². The van der Waals surface area contributed by atoms with Crippen molar-refractivity contribution in [3.63, 3.8) is 0 Å². The van der Waals surface area contributed by atoms with Crippen LogP contribution in [0.3, 0.4) is 0 Å². The van der Waals surface area contributed by atoms with Crippen LogP contribution >= 0.6 is 31.9 Å². The Balaban J connectivity index is 0.000000146. The Bertz CT molecular complexity index is 3100. The number of benzene rings is 6. The molecule has 3 aliphatic heterocycles. The Hall–Kier alpha value is -8.32. The number of anilines is 8. The molecule has 10 nitrogen and oxygen atoms in total. The van der Waals surface area contributed by atoms with E-state index in [1.807, 2.05) is 170 Å². The first-order chi connectivity index (χ1) is 33.5. The molecule has 4 aromatic heterocycles. The van der Waals surface area contributed by atoms with Crippen molar-refractivity contribution in [1.29, 1.82) is 0 Å². The Morgan fingerprint density at radius 2 is 0.618 bits per heavy atom. The predicted molar refractivity (Wildman–Crippen MR) is 276 cm³/mol. The number of pyridine rings is 4. The van der Waals surface area contributed by atoms with Gasteiger partial charge in [0.15, 0.2) is 34.5 Å². The molecule has 0 aliphatic carbocycles. The first-order valence-electron chi connectivity index (χ1n) is 21.6. The van der Waals surface area contributed by atoms with E-state index in [2.05, 4.69) is 93.3 Å². The maximum absolute atomic E-state index is 6.20. The molecule has 0 spiro atoms. The quantitative estimate of drug-likeness (QED) is 0.184. The topological polar surface area (TPSA) is 97.8 Å². The third-order valence-electron chi connectivity index (χ3n) is 11.1. The largest absolute Gasteiger partial charge is 0.453 e. The highest BCUT2D eigenvalue weighted by molar-refractivity contribution is 9.10. The van der Waals surface area contributed by atoms with Gasteiger partial charge in [-0.15, -0.1) is 0 Å². The summed E-state index contributed by atoms with van der Waals surface area (Å²) in [7, 11) is 0. The fourth-order valence-corrected chi connectivity index (χ4v) is 8.70. The summed E-state index contributed by atoms with van der Waals surface area (Å²) in [5.41, 5.74) is 11.2. The van der Waals surface area contributed by atoms with Gasteiger partial charge in [0, 0.05) is 33.7 Å². The number of hydrogen-bond acceptors (Lipinski definition) is 10. The highest BCUT2D eigenvalue weighted by atomic mass is 79.9. The smallest absolute Gasteiger partial charge is 0.151 e. The van der Waals surface area contributed by atoms with Crippen LogP contribution in [-0.2, 0) is 0 Å². The van der Waals surface area contributed by atoms with Gasteiger partial charge in [-0.05, 0) is 121 Å². The highest BCUT2D eigenvalue weighted by Gasteiger charge is 2.28. The molecule has 0 saturated carbocycles. The Morgan fingerprint density at radius 3 is 0.985 bits per heavy atom.